The van der Waals surface area contributed by atoms with Gasteiger partial charge in [-0.25, -0.2) is 17.6 Å². The van der Waals surface area contributed by atoms with E-state index in [-0.39, 0.29) is 16.0 Å². The van der Waals surface area contributed by atoms with Gasteiger partial charge in [0.15, 0.2) is 0 Å². The summed E-state index contributed by atoms with van der Waals surface area (Å²) >= 11 is 0. The maximum absolute atomic E-state index is 13.9. The van der Waals surface area contributed by atoms with E-state index in [1.165, 1.54) is 40.7 Å². The van der Waals surface area contributed by atoms with Crippen LogP contribution in [0.5, 0.6) is 0 Å². The number of carbonyl (C=O) groups is 1. The Kier molecular flexibility index (Phi) is 5.40. The standard InChI is InChI=1S/C22H24FNO4S/c1-14-8-10-17(11-9-14)29(27,28)24-19(22(2,3)4)13-18(21(25)26)20(24)15-6-5-7-16(23)12-15/h5-13,19-20H,1-4H3,(H,25,26). The summed E-state index contributed by atoms with van der Waals surface area (Å²) in [5.41, 5.74) is 0.525. The van der Waals surface area contributed by atoms with E-state index in [0.29, 0.717) is 0 Å². The van der Waals surface area contributed by atoms with E-state index in [4.69, 9.17) is 0 Å². The quantitative estimate of drug-likeness (QED) is 0.805. The number of sulfonamides is 1. The molecule has 0 radical (unpaired) electrons. The zero-order valence-electron chi connectivity index (χ0n) is 16.8. The molecule has 3 rings (SSSR count). The van der Waals surface area contributed by atoms with E-state index in [9.17, 15) is 22.7 Å². The van der Waals surface area contributed by atoms with Crippen LogP contribution in [0.25, 0.3) is 0 Å². The molecule has 0 aliphatic carbocycles. The van der Waals surface area contributed by atoms with Crippen molar-refractivity contribution in [3.8, 4) is 0 Å². The van der Waals surface area contributed by atoms with E-state index in [1.807, 2.05) is 27.7 Å². The van der Waals surface area contributed by atoms with Gasteiger partial charge >= 0.3 is 5.97 Å². The van der Waals surface area contributed by atoms with Gasteiger partial charge in [0.2, 0.25) is 10.0 Å². The fourth-order valence-corrected chi connectivity index (χ4v) is 5.49. The summed E-state index contributed by atoms with van der Waals surface area (Å²) in [5, 5.41) is 9.80. The smallest absolute Gasteiger partial charge is 0.333 e. The number of carboxylic acid groups (broad SMARTS) is 1. The van der Waals surface area contributed by atoms with Crippen molar-refractivity contribution in [3.63, 3.8) is 0 Å². The van der Waals surface area contributed by atoms with Gasteiger partial charge in [-0.15, -0.1) is 0 Å². The predicted octanol–water partition coefficient (Wildman–Crippen LogP) is 4.31. The molecule has 7 heteroatoms. The Hall–Kier alpha value is -2.51. The zero-order chi connectivity index (χ0) is 21.6. The van der Waals surface area contributed by atoms with Crippen LogP contribution in [0.3, 0.4) is 0 Å². The fourth-order valence-electron chi connectivity index (χ4n) is 3.58. The van der Waals surface area contributed by atoms with Crippen LogP contribution in [-0.4, -0.2) is 29.8 Å². The summed E-state index contributed by atoms with van der Waals surface area (Å²) in [6.07, 6.45) is 1.48. The van der Waals surface area contributed by atoms with Crippen molar-refractivity contribution in [1.82, 2.24) is 4.31 Å². The Balaban J connectivity index is 2.25. The van der Waals surface area contributed by atoms with Crippen LogP contribution in [0, 0.1) is 18.2 Å². The molecule has 5 nitrogen and oxygen atoms in total. The summed E-state index contributed by atoms with van der Waals surface area (Å²) in [5.74, 6) is -1.78. The Morgan fingerprint density at radius 2 is 1.72 bits per heavy atom. The molecule has 0 amide bonds. The van der Waals surface area contributed by atoms with E-state index < -0.39 is 39.3 Å². The molecule has 0 saturated heterocycles. The van der Waals surface area contributed by atoms with Crippen LogP contribution >= 0.6 is 0 Å². The van der Waals surface area contributed by atoms with Crippen molar-refractivity contribution in [3.05, 3.63) is 77.1 Å². The van der Waals surface area contributed by atoms with Crippen LogP contribution in [0.2, 0.25) is 0 Å². The largest absolute Gasteiger partial charge is 0.478 e. The highest BCUT2D eigenvalue weighted by atomic mass is 32.2. The molecule has 0 spiro atoms. The number of aryl methyl sites for hydroxylation is 1. The predicted molar refractivity (Wildman–Crippen MR) is 108 cm³/mol. The van der Waals surface area contributed by atoms with Crippen molar-refractivity contribution in [2.24, 2.45) is 5.41 Å². The van der Waals surface area contributed by atoms with Crippen LogP contribution < -0.4 is 0 Å². The van der Waals surface area contributed by atoms with Gasteiger partial charge in [0.05, 0.1) is 16.5 Å². The number of rotatable bonds is 4. The lowest BCUT2D eigenvalue weighted by molar-refractivity contribution is -0.133. The normalized spacial score (nSPS) is 20.5. The molecule has 0 bridgehead atoms. The van der Waals surface area contributed by atoms with Crippen molar-refractivity contribution in [2.75, 3.05) is 0 Å². The third-order valence-electron chi connectivity index (χ3n) is 5.06. The first-order valence-corrected chi connectivity index (χ1v) is 10.7. The molecule has 2 aromatic carbocycles. The van der Waals surface area contributed by atoms with E-state index >= 15 is 0 Å². The van der Waals surface area contributed by atoms with Gasteiger partial charge in [-0.1, -0.05) is 56.7 Å². The molecular formula is C22H24FNO4S. The summed E-state index contributed by atoms with van der Waals surface area (Å²) in [7, 11) is -4.07. The lowest BCUT2D eigenvalue weighted by Gasteiger charge is -2.37. The zero-order valence-corrected chi connectivity index (χ0v) is 17.6. The highest BCUT2D eigenvalue weighted by Crippen LogP contribution is 2.46. The van der Waals surface area contributed by atoms with Crippen molar-refractivity contribution in [1.29, 1.82) is 0 Å². The molecule has 0 saturated carbocycles. The molecule has 0 fully saturated rings. The van der Waals surface area contributed by atoms with Crippen molar-refractivity contribution < 1.29 is 22.7 Å². The summed E-state index contributed by atoms with van der Waals surface area (Å²) < 4.78 is 42.4. The molecule has 1 aliphatic heterocycles. The first-order chi connectivity index (χ1) is 13.4. The maximum atomic E-state index is 13.9. The summed E-state index contributed by atoms with van der Waals surface area (Å²) in [6.45, 7) is 7.39. The van der Waals surface area contributed by atoms with Crippen LogP contribution in [0.15, 0.2) is 65.1 Å². The Labute approximate surface area is 170 Å². The number of aliphatic carboxylic acids is 1. The van der Waals surface area contributed by atoms with Crippen LogP contribution in [0.4, 0.5) is 4.39 Å². The number of halogens is 1. The van der Waals surface area contributed by atoms with Gasteiger partial charge < -0.3 is 5.11 Å². The highest BCUT2D eigenvalue weighted by Gasteiger charge is 2.49. The highest BCUT2D eigenvalue weighted by molar-refractivity contribution is 7.89. The van der Waals surface area contributed by atoms with Crippen molar-refractivity contribution >= 4 is 16.0 Å². The third kappa shape index (κ3) is 3.97. The van der Waals surface area contributed by atoms with E-state index in [2.05, 4.69) is 0 Å². The van der Waals surface area contributed by atoms with Gasteiger partial charge in [0.25, 0.3) is 0 Å². The van der Waals surface area contributed by atoms with Gasteiger partial charge in [-0.05, 0) is 42.2 Å². The minimum atomic E-state index is -4.07. The number of carboxylic acids is 1. The number of benzene rings is 2. The second kappa shape index (κ2) is 7.39. The molecule has 154 valence electrons. The number of nitrogens with zero attached hydrogens (tertiary/aromatic N) is 1. The molecule has 29 heavy (non-hydrogen) atoms. The summed E-state index contributed by atoms with van der Waals surface area (Å²) in [4.78, 5) is 12.1. The molecule has 2 unspecified atom stereocenters. The Bertz CT molecular complexity index is 1070. The van der Waals surface area contributed by atoms with Crippen LogP contribution in [-0.2, 0) is 14.8 Å². The average molecular weight is 418 g/mol. The second-order valence-corrected chi connectivity index (χ2v) is 10.2. The molecule has 1 heterocycles. The van der Waals surface area contributed by atoms with Gasteiger partial charge in [-0.3, -0.25) is 0 Å². The first-order valence-electron chi connectivity index (χ1n) is 9.23. The van der Waals surface area contributed by atoms with Gasteiger partial charge in [0.1, 0.15) is 5.82 Å². The summed E-state index contributed by atoms with van der Waals surface area (Å²) in [6, 6.07) is 9.98. The van der Waals surface area contributed by atoms with Crippen LogP contribution in [0.1, 0.15) is 37.9 Å². The molecule has 2 atom stereocenters. The monoisotopic (exact) mass is 417 g/mol. The molecule has 2 aromatic rings. The van der Waals surface area contributed by atoms with E-state index in [0.717, 1.165) is 5.56 Å². The lowest BCUT2D eigenvalue weighted by atomic mass is 9.87. The number of hydrogen-bond donors (Lipinski definition) is 1. The molecular weight excluding hydrogens is 393 g/mol. The molecule has 1 N–H and O–H groups in total. The number of hydrogen-bond acceptors (Lipinski definition) is 3. The van der Waals surface area contributed by atoms with Crippen molar-refractivity contribution in [2.45, 2.75) is 44.7 Å². The Morgan fingerprint density at radius 3 is 2.24 bits per heavy atom. The second-order valence-electron chi connectivity index (χ2n) is 8.34. The Morgan fingerprint density at radius 1 is 1.10 bits per heavy atom. The average Bonchev–Trinajstić information content (AvgIpc) is 3.04. The molecule has 0 aromatic heterocycles. The molecule has 1 aliphatic rings. The van der Waals surface area contributed by atoms with E-state index in [1.54, 1.807) is 18.2 Å². The third-order valence-corrected chi connectivity index (χ3v) is 6.92. The minimum absolute atomic E-state index is 0.0683. The SMILES string of the molecule is Cc1ccc(S(=O)(=O)N2C(c3cccc(F)c3)C(C(=O)O)=CC2C(C)(C)C)cc1. The first kappa shape index (κ1) is 21.2. The van der Waals surface area contributed by atoms with Gasteiger partial charge in [-0.2, -0.15) is 4.31 Å². The lowest BCUT2D eigenvalue weighted by Crippen LogP contribution is -2.45. The van der Waals surface area contributed by atoms with Gasteiger partial charge in [0, 0.05) is 6.04 Å². The topological polar surface area (TPSA) is 74.7 Å². The fraction of sp³-hybridized carbons (Fsp3) is 0.318. The maximum Gasteiger partial charge on any atom is 0.333 e. The minimum Gasteiger partial charge on any atom is -0.478 e.